The average molecular weight is 394 g/mol. The third-order valence-corrected chi connectivity index (χ3v) is 4.10. The Hall–Kier alpha value is -2.12. The number of urea groups is 1. The number of carbonyl (C=O) groups is 1. The van der Waals surface area contributed by atoms with Gasteiger partial charge in [0.1, 0.15) is 17.7 Å². The number of benzene rings is 2. The second-order valence-corrected chi connectivity index (χ2v) is 6.61. The highest BCUT2D eigenvalue weighted by Crippen LogP contribution is 2.22. The van der Waals surface area contributed by atoms with Crippen LogP contribution >= 0.6 is 15.9 Å². The van der Waals surface area contributed by atoms with Gasteiger partial charge in [0.05, 0.1) is 5.69 Å². The van der Waals surface area contributed by atoms with E-state index in [1.165, 1.54) is 12.1 Å². The molecule has 2 N–H and O–H groups in total. The van der Waals surface area contributed by atoms with Gasteiger partial charge in [-0.15, -0.1) is 0 Å². The molecule has 0 radical (unpaired) electrons. The van der Waals surface area contributed by atoms with Crippen molar-refractivity contribution in [3.8, 4) is 5.75 Å². The molecule has 2 aromatic rings. The van der Waals surface area contributed by atoms with E-state index in [1.807, 2.05) is 13.1 Å². The maximum Gasteiger partial charge on any atom is 0.323 e. The van der Waals surface area contributed by atoms with Gasteiger partial charge < -0.3 is 15.4 Å². The number of hydrogen-bond donors (Lipinski definition) is 2. The molecule has 1 saturated heterocycles. The smallest absolute Gasteiger partial charge is 0.323 e. The summed E-state index contributed by atoms with van der Waals surface area (Å²) in [4.78, 5) is 14.2. The molecule has 0 atom stereocenters. The van der Waals surface area contributed by atoms with Crippen LogP contribution in [0.4, 0.5) is 20.6 Å². The summed E-state index contributed by atoms with van der Waals surface area (Å²) < 4.78 is 20.2. The molecule has 3 rings (SSSR count). The Labute approximate surface area is 147 Å². The first-order valence-corrected chi connectivity index (χ1v) is 8.27. The largest absolute Gasteiger partial charge is 0.488 e. The van der Waals surface area contributed by atoms with Gasteiger partial charge >= 0.3 is 6.03 Å². The molecule has 2 amide bonds. The summed E-state index contributed by atoms with van der Waals surface area (Å²) in [5.74, 6) is 0.187. The Morgan fingerprint density at radius 1 is 1.25 bits per heavy atom. The molecule has 0 aromatic heterocycles. The Morgan fingerprint density at radius 3 is 2.75 bits per heavy atom. The average Bonchev–Trinajstić information content (AvgIpc) is 2.49. The molecule has 1 aliphatic rings. The Kier molecular flexibility index (Phi) is 5.01. The predicted molar refractivity (Wildman–Crippen MR) is 95.1 cm³/mol. The Balaban J connectivity index is 1.59. The summed E-state index contributed by atoms with van der Waals surface area (Å²) in [5, 5.41) is 5.15. The molecule has 5 nitrogen and oxygen atoms in total. The van der Waals surface area contributed by atoms with E-state index in [0.29, 0.717) is 15.9 Å². The number of amides is 2. The van der Waals surface area contributed by atoms with Crippen molar-refractivity contribution in [3.63, 3.8) is 0 Å². The van der Waals surface area contributed by atoms with Gasteiger partial charge in [0.2, 0.25) is 0 Å². The summed E-state index contributed by atoms with van der Waals surface area (Å²) in [6, 6.07) is 11.1. The molecule has 2 aromatic carbocycles. The van der Waals surface area contributed by atoms with Gasteiger partial charge in [0.15, 0.2) is 0 Å². The number of rotatable bonds is 4. The lowest BCUT2D eigenvalue weighted by atomic mass is 10.2. The number of likely N-dealkylation sites (tertiary alicyclic amines) is 1. The molecule has 0 bridgehead atoms. The van der Waals surface area contributed by atoms with Crippen molar-refractivity contribution in [1.29, 1.82) is 0 Å². The van der Waals surface area contributed by atoms with Crippen molar-refractivity contribution in [2.45, 2.75) is 6.10 Å². The van der Waals surface area contributed by atoms with Gasteiger partial charge in [0.25, 0.3) is 0 Å². The minimum Gasteiger partial charge on any atom is -0.488 e. The van der Waals surface area contributed by atoms with Gasteiger partial charge in [-0.05, 0) is 37.4 Å². The molecular weight excluding hydrogens is 377 g/mol. The molecule has 0 unspecified atom stereocenters. The number of halogens is 2. The van der Waals surface area contributed by atoms with Crippen molar-refractivity contribution in [2.24, 2.45) is 0 Å². The fraction of sp³-hybridized carbons (Fsp3) is 0.235. The van der Waals surface area contributed by atoms with E-state index in [1.54, 1.807) is 24.3 Å². The van der Waals surface area contributed by atoms with Gasteiger partial charge in [-0.2, -0.15) is 0 Å². The van der Waals surface area contributed by atoms with Crippen LogP contribution in [0.2, 0.25) is 0 Å². The number of nitrogens with zero attached hydrogens (tertiary/aromatic N) is 1. The van der Waals surface area contributed by atoms with E-state index in [-0.39, 0.29) is 11.8 Å². The standard InChI is InChI=1S/C17H17BrFN3O2/c1-22-9-14(10-22)24-13-4-2-3-12(8-13)20-17(23)21-16-6-5-11(18)7-15(16)19/h2-8,14H,9-10H2,1H3,(H2,20,21,23). The van der Waals surface area contributed by atoms with Gasteiger partial charge in [-0.3, -0.25) is 4.90 Å². The first-order chi connectivity index (χ1) is 11.5. The summed E-state index contributed by atoms with van der Waals surface area (Å²) in [6.45, 7) is 1.78. The van der Waals surface area contributed by atoms with E-state index < -0.39 is 11.8 Å². The second kappa shape index (κ2) is 7.19. The van der Waals surface area contributed by atoms with Gasteiger partial charge in [0, 0.05) is 29.3 Å². The summed E-state index contributed by atoms with van der Waals surface area (Å²) in [5.41, 5.74) is 0.691. The maximum atomic E-state index is 13.7. The number of likely N-dealkylation sites (N-methyl/N-ethyl adjacent to an activating group) is 1. The third kappa shape index (κ3) is 4.24. The molecule has 0 saturated carbocycles. The van der Waals surface area contributed by atoms with Crippen molar-refractivity contribution in [1.82, 2.24) is 4.90 Å². The Bertz CT molecular complexity index is 750. The zero-order valence-electron chi connectivity index (χ0n) is 13.1. The van der Waals surface area contributed by atoms with Crippen LogP contribution in [0.15, 0.2) is 46.9 Å². The fourth-order valence-corrected chi connectivity index (χ4v) is 2.76. The minimum atomic E-state index is -0.517. The number of anilines is 2. The summed E-state index contributed by atoms with van der Waals surface area (Å²) >= 11 is 3.17. The molecule has 1 fully saturated rings. The van der Waals surface area contributed by atoms with Crippen LogP contribution in [0, 0.1) is 5.82 Å². The normalized spacial score (nSPS) is 14.8. The van der Waals surface area contributed by atoms with Crippen LogP contribution in [0.25, 0.3) is 0 Å². The topological polar surface area (TPSA) is 53.6 Å². The van der Waals surface area contributed by atoms with Gasteiger partial charge in [-0.25, -0.2) is 9.18 Å². The first kappa shape index (κ1) is 16.7. The molecule has 0 spiro atoms. The van der Waals surface area contributed by atoms with Crippen molar-refractivity contribution < 1.29 is 13.9 Å². The molecular formula is C17H17BrFN3O2. The van der Waals surface area contributed by atoms with Crippen LogP contribution in [0.1, 0.15) is 0 Å². The van der Waals surface area contributed by atoms with E-state index in [4.69, 9.17) is 4.74 Å². The van der Waals surface area contributed by atoms with Crippen LogP contribution in [0.3, 0.4) is 0 Å². The maximum absolute atomic E-state index is 13.7. The monoisotopic (exact) mass is 393 g/mol. The lowest BCUT2D eigenvalue weighted by Crippen LogP contribution is -2.51. The van der Waals surface area contributed by atoms with Crippen molar-refractivity contribution >= 4 is 33.3 Å². The highest BCUT2D eigenvalue weighted by atomic mass is 79.9. The molecule has 24 heavy (non-hydrogen) atoms. The third-order valence-electron chi connectivity index (χ3n) is 3.60. The van der Waals surface area contributed by atoms with E-state index >= 15 is 0 Å². The van der Waals surface area contributed by atoms with Gasteiger partial charge in [-0.1, -0.05) is 22.0 Å². The SMILES string of the molecule is CN1CC(Oc2cccc(NC(=O)Nc3ccc(Br)cc3F)c2)C1. The second-order valence-electron chi connectivity index (χ2n) is 5.69. The number of ether oxygens (including phenoxy) is 1. The van der Waals surface area contributed by atoms with E-state index in [9.17, 15) is 9.18 Å². The number of carbonyl (C=O) groups excluding carboxylic acids is 1. The molecule has 126 valence electrons. The van der Waals surface area contributed by atoms with Crippen molar-refractivity contribution in [2.75, 3.05) is 30.8 Å². The first-order valence-electron chi connectivity index (χ1n) is 7.48. The highest BCUT2D eigenvalue weighted by molar-refractivity contribution is 9.10. The number of nitrogens with one attached hydrogen (secondary N) is 2. The van der Waals surface area contributed by atoms with Crippen molar-refractivity contribution in [3.05, 3.63) is 52.8 Å². The number of hydrogen-bond acceptors (Lipinski definition) is 3. The summed E-state index contributed by atoms with van der Waals surface area (Å²) in [6.07, 6.45) is 0.177. The van der Waals surface area contributed by atoms with Crippen LogP contribution in [-0.2, 0) is 0 Å². The lowest BCUT2D eigenvalue weighted by Gasteiger charge is -2.36. The lowest BCUT2D eigenvalue weighted by molar-refractivity contribution is 0.0389. The quantitative estimate of drug-likeness (QED) is 0.827. The van der Waals surface area contributed by atoms with Crippen LogP contribution in [-0.4, -0.2) is 37.2 Å². The fourth-order valence-electron chi connectivity index (χ4n) is 2.43. The predicted octanol–water partition coefficient (Wildman–Crippen LogP) is 3.93. The van der Waals surface area contributed by atoms with E-state index in [2.05, 4.69) is 31.5 Å². The summed E-state index contributed by atoms with van der Waals surface area (Å²) in [7, 11) is 2.03. The van der Waals surface area contributed by atoms with Crippen LogP contribution < -0.4 is 15.4 Å². The van der Waals surface area contributed by atoms with E-state index in [0.717, 1.165) is 13.1 Å². The zero-order chi connectivity index (χ0) is 17.1. The Morgan fingerprint density at radius 2 is 2.04 bits per heavy atom. The minimum absolute atomic E-state index is 0.112. The zero-order valence-corrected chi connectivity index (χ0v) is 14.6. The molecule has 1 aliphatic heterocycles. The van der Waals surface area contributed by atoms with Crippen LogP contribution in [0.5, 0.6) is 5.75 Å². The molecule has 1 heterocycles. The highest BCUT2D eigenvalue weighted by Gasteiger charge is 2.24. The molecule has 7 heteroatoms. The molecule has 0 aliphatic carbocycles.